The van der Waals surface area contributed by atoms with Crippen molar-refractivity contribution in [2.45, 2.75) is 13.5 Å². The summed E-state index contributed by atoms with van der Waals surface area (Å²) in [6.45, 7) is 1.57. The largest absolute Gasteiger partial charge is 0.481 e. The lowest BCUT2D eigenvalue weighted by Crippen LogP contribution is -2.38. The predicted molar refractivity (Wildman–Crippen MR) is 68.8 cm³/mol. The van der Waals surface area contributed by atoms with E-state index in [9.17, 15) is 14.9 Å². The molecule has 1 aromatic carbocycles. The van der Waals surface area contributed by atoms with Crippen molar-refractivity contribution in [1.29, 1.82) is 0 Å². The normalized spacial score (nSPS) is 13.8. The number of carbonyl (C=O) groups excluding carboxylic acids is 1. The fourth-order valence-corrected chi connectivity index (χ4v) is 2.03. The number of aromatic nitrogens is 2. The van der Waals surface area contributed by atoms with Crippen molar-refractivity contribution in [2.24, 2.45) is 0 Å². The third-order valence-corrected chi connectivity index (χ3v) is 2.97. The van der Waals surface area contributed by atoms with Gasteiger partial charge in [-0.15, -0.1) is 0 Å². The summed E-state index contributed by atoms with van der Waals surface area (Å²) in [6.07, 6.45) is 0. The van der Waals surface area contributed by atoms with Gasteiger partial charge in [-0.2, -0.15) is 4.98 Å². The number of rotatable bonds is 3. The first-order valence-corrected chi connectivity index (χ1v) is 6.05. The summed E-state index contributed by atoms with van der Waals surface area (Å²) in [4.78, 5) is 27.7. The van der Waals surface area contributed by atoms with Crippen LogP contribution in [0.1, 0.15) is 11.7 Å². The molecule has 1 aliphatic rings. The third-order valence-electron chi connectivity index (χ3n) is 2.97. The van der Waals surface area contributed by atoms with Gasteiger partial charge in [0.2, 0.25) is 5.89 Å². The van der Waals surface area contributed by atoms with E-state index in [-0.39, 0.29) is 30.5 Å². The Kier molecular flexibility index (Phi) is 3.01. The Labute approximate surface area is 118 Å². The van der Waals surface area contributed by atoms with Crippen LogP contribution in [0.4, 0.5) is 11.4 Å². The summed E-state index contributed by atoms with van der Waals surface area (Å²) in [5.41, 5.74) is 0.345. The Hall–Kier alpha value is -2.97. The maximum absolute atomic E-state index is 12.0. The minimum absolute atomic E-state index is 0.0987. The standard InChI is InChI=1S/C12H10N4O5/c1-7-13-11(14-21-7)5-15-9-3-2-8(16(18)19)4-10(9)20-6-12(15)17/h2-4H,5-6H2,1H3. The minimum Gasteiger partial charge on any atom is -0.481 e. The Bertz CT molecular complexity index is 726. The number of nitrogens with zero attached hydrogens (tertiary/aromatic N) is 4. The zero-order valence-corrected chi connectivity index (χ0v) is 11.0. The van der Waals surface area contributed by atoms with Gasteiger partial charge in [-0.1, -0.05) is 5.16 Å². The van der Waals surface area contributed by atoms with Crippen molar-refractivity contribution in [3.05, 3.63) is 40.0 Å². The van der Waals surface area contributed by atoms with Crippen molar-refractivity contribution < 1.29 is 19.0 Å². The molecule has 0 saturated heterocycles. The number of anilines is 1. The minimum atomic E-state index is -0.521. The molecule has 2 aromatic rings. The summed E-state index contributed by atoms with van der Waals surface area (Å²) in [7, 11) is 0. The number of aryl methyl sites for hydroxylation is 1. The Balaban J connectivity index is 1.95. The number of hydrogen-bond donors (Lipinski definition) is 0. The van der Waals surface area contributed by atoms with Gasteiger partial charge < -0.3 is 9.26 Å². The summed E-state index contributed by atoms with van der Waals surface area (Å²) in [5, 5.41) is 14.5. The molecule has 0 fully saturated rings. The van der Waals surface area contributed by atoms with Crippen LogP contribution < -0.4 is 9.64 Å². The molecule has 3 rings (SSSR count). The molecule has 2 heterocycles. The van der Waals surface area contributed by atoms with E-state index in [0.29, 0.717) is 17.4 Å². The topological polar surface area (TPSA) is 112 Å². The van der Waals surface area contributed by atoms with E-state index >= 15 is 0 Å². The average Bonchev–Trinajstić information content (AvgIpc) is 2.87. The highest BCUT2D eigenvalue weighted by molar-refractivity contribution is 5.97. The number of non-ortho nitro benzene ring substituents is 1. The van der Waals surface area contributed by atoms with Crippen LogP contribution in [0, 0.1) is 17.0 Å². The predicted octanol–water partition coefficient (Wildman–Crippen LogP) is 1.21. The van der Waals surface area contributed by atoms with Crippen molar-refractivity contribution in [3.8, 4) is 5.75 Å². The monoisotopic (exact) mass is 290 g/mol. The van der Waals surface area contributed by atoms with Gasteiger partial charge in [0.25, 0.3) is 11.6 Å². The Morgan fingerprint density at radius 2 is 2.29 bits per heavy atom. The third kappa shape index (κ3) is 2.40. The molecule has 1 amide bonds. The molecule has 0 aliphatic carbocycles. The first kappa shape index (κ1) is 13.0. The van der Waals surface area contributed by atoms with Gasteiger partial charge >= 0.3 is 0 Å². The highest BCUT2D eigenvalue weighted by atomic mass is 16.6. The van der Waals surface area contributed by atoms with Crippen molar-refractivity contribution in [1.82, 2.24) is 10.1 Å². The number of ether oxygens (including phenoxy) is 1. The molecule has 0 saturated carbocycles. The van der Waals surface area contributed by atoms with Crippen LogP contribution in [-0.4, -0.2) is 27.6 Å². The number of amides is 1. The lowest BCUT2D eigenvalue weighted by atomic mass is 10.2. The average molecular weight is 290 g/mol. The van der Waals surface area contributed by atoms with Gasteiger partial charge in [-0.25, -0.2) is 0 Å². The van der Waals surface area contributed by atoms with Crippen molar-refractivity contribution in [3.63, 3.8) is 0 Å². The van der Waals surface area contributed by atoms with Crippen LogP contribution in [-0.2, 0) is 11.3 Å². The molecule has 0 bridgehead atoms. The number of nitro groups is 1. The van der Waals surface area contributed by atoms with E-state index < -0.39 is 4.92 Å². The second kappa shape index (κ2) is 4.85. The quantitative estimate of drug-likeness (QED) is 0.616. The van der Waals surface area contributed by atoms with Gasteiger partial charge in [0.05, 0.1) is 23.2 Å². The Morgan fingerprint density at radius 3 is 2.95 bits per heavy atom. The van der Waals surface area contributed by atoms with E-state index in [1.54, 1.807) is 6.92 Å². The smallest absolute Gasteiger partial charge is 0.273 e. The Morgan fingerprint density at radius 1 is 1.48 bits per heavy atom. The second-order valence-electron chi connectivity index (χ2n) is 4.41. The van der Waals surface area contributed by atoms with Gasteiger partial charge in [0, 0.05) is 13.0 Å². The van der Waals surface area contributed by atoms with E-state index in [2.05, 4.69) is 10.1 Å². The second-order valence-corrected chi connectivity index (χ2v) is 4.41. The molecule has 1 aromatic heterocycles. The van der Waals surface area contributed by atoms with Gasteiger partial charge in [0.1, 0.15) is 0 Å². The first-order valence-electron chi connectivity index (χ1n) is 6.05. The van der Waals surface area contributed by atoms with E-state index in [1.807, 2.05) is 0 Å². The zero-order chi connectivity index (χ0) is 15.0. The molecule has 0 N–H and O–H groups in total. The summed E-state index contributed by atoms with van der Waals surface area (Å²) in [5.74, 6) is 0.754. The zero-order valence-electron chi connectivity index (χ0n) is 11.0. The van der Waals surface area contributed by atoms with Crippen LogP contribution in [0.3, 0.4) is 0 Å². The maximum Gasteiger partial charge on any atom is 0.273 e. The van der Waals surface area contributed by atoms with Crippen LogP contribution in [0.15, 0.2) is 22.7 Å². The lowest BCUT2D eigenvalue weighted by Gasteiger charge is -2.28. The summed E-state index contributed by atoms with van der Waals surface area (Å²) < 4.78 is 10.1. The summed E-state index contributed by atoms with van der Waals surface area (Å²) in [6, 6.07) is 4.07. The number of nitro benzene ring substituents is 1. The fraction of sp³-hybridized carbons (Fsp3) is 0.250. The molecule has 0 radical (unpaired) electrons. The van der Waals surface area contributed by atoms with Crippen LogP contribution in [0.25, 0.3) is 0 Å². The molecule has 0 spiro atoms. The molecule has 1 aliphatic heterocycles. The number of hydrogen-bond acceptors (Lipinski definition) is 7. The van der Waals surface area contributed by atoms with Gasteiger partial charge in [-0.05, 0) is 6.07 Å². The van der Waals surface area contributed by atoms with Crippen molar-refractivity contribution >= 4 is 17.3 Å². The molecule has 21 heavy (non-hydrogen) atoms. The molecule has 9 nitrogen and oxygen atoms in total. The molecule has 9 heteroatoms. The van der Waals surface area contributed by atoms with Crippen LogP contribution in [0.5, 0.6) is 5.75 Å². The van der Waals surface area contributed by atoms with E-state index in [1.165, 1.54) is 23.1 Å². The maximum atomic E-state index is 12.0. The molecule has 0 atom stereocenters. The van der Waals surface area contributed by atoms with Crippen LogP contribution in [0.2, 0.25) is 0 Å². The summed E-state index contributed by atoms with van der Waals surface area (Å²) >= 11 is 0. The SMILES string of the molecule is Cc1nc(CN2C(=O)COc3cc([N+](=O)[O-])ccc32)no1. The number of benzene rings is 1. The molecule has 108 valence electrons. The fourth-order valence-electron chi connectivity index (χ4n) is 2.03. The molecule has 0 unspecified atom stereocenters. The first-order chi connectivity index (χ1) is 10.0. The highest BCUT2D eigenvalue weighted by Crippen LogP contribution is 2.35. The van der Waals surface area contributed by atoms with Gasteiger partial charge in [0.15, 0.2) is 18.2 Å². The molecular formula is C12H10N4O5. The van der Waals surface area contributed by atoms with E-state index in [4.69, 9.17) is 9.26 Å². The number of fused-ring (bicyclic) bond motifs is 1. The molecular weight excluding hydrogens is 280 g/mol. The highest BCUT2D eigenvalue weighted by Gasteiger charge is 2.28. The van der Waals surface area contributed by atoms with Crippen LogP contribution >= 0.6 is 0 Å². The lowest BCUT2D eigenvalue weighted by molar-refractivity contribution is -0.384. The van der Waals surface area contributed by atoms with Crippen molar-refractivity contribution in [2.75, 3.05) is 11.5 Å². The van der Waals surface area contributed by atoms with Gasteiger partial charge in [-0.3, -0.25) is 19.8 Å². The van der Waals surface area contributed by atoms with E-state index in [0.717, 1.165) is 0 Å². The number of carbonyl (C=O) groups is 1.